The minimum atomic E-state index is 0.211. The van der Waals surface area contributed by atoms with Crippen LogP contribution in [-0.2, 0) is 0 Å². The van der Waals surface area contributed by atoms with Crippen LogP contribution in [0.4, 0.5) is 11.5 Å². The van der Waals surface area contributed by atoms with Gasteiger partial charge in [0.2, 0.25) is 0 Å². The molecular weight excluding hydrogens is 376 g/mol. The van der Waals surface area contributed by atoms with Crippen molar-refractivity contribution in [3.8, 4) is 40.0 Å². The van der Waals surface area contributed by atoms with Crippen molar-refractivity contribution in [2.45, 2.75) is 12.8 Å². The smallest absolute Gasteiger partial charge is 0.161 e. The van der Waals surface area contributed by atoms with Crippen LogP contribution in [0.5, 0.6) is 11.5 Å². The Hall–Kier alpha value is -3.72. The Balaban J connectivity index is 1.77. The molecule has 6 heteroatoms. The van der Waals surface area contributed by atoms with Gasteiger partial charge in [-0.3, -0.25) is 0 Å². The number of nitrogen functional groups attached to an aromatic ring is 1. The van der Waals surface area contributed by atoms with Gasteiger partial charge in [0.1, 0.15) is 17.5 Å². The summed E-state index contributed by atoms with van der Waals surface area (Å²) in [6, 6.07) is 18.0. The molecule has 1 aliphatic rings. The van der Waals surface area contributed by atoms with Gasteiger partial charge in [-0.05, 0) is 54.8 Å². The lowest BCUT2D eigenvalue weighted by Crippen LogP contribution is -2.17. The fourth-order valence-corrected chi connectivity index (χ4v) is 3.88. The molecule has 2 heterocycles. The van der Waals surface area contributed by atoms with Gasteiger partial charge >= 0.3 is 0 Å². The summed E-state index contributed by atoms with van der Waals surface area (Å²) in [5.41, 5.74) is 11.0. The van der Waals surface area contributed by atoms with Crippen molar-refractivity contribution in [1.82, 2.24) is 4.98 Å². The highest BCUT2D eigenvalue weighted by Crippen LogP contribution is 2.36. The number of pyridine rings is 1. The van der Waals surface area contributed by atoms with Crippen LogP contribution in [0.15, 0.2) is 48.5 Å². The van der Waals surface area contributed by atoms with Crippen LogP contribution in [0.25, 0.3) is 22.4 Å². The van der Waals surface area contributed by atoms with Gasteiger partial charge in [0.25, 0.3) is 0 Å². The summed E-state index contributed by atoms with van der Waals surface area (Å²) in [4.78, 5) is 6.84. The van der Waals surface area contributed by atoms with Gasteiger partial charge in [-0.1, -0.05) is 12.1 Å². The van der Waals surface area contributed by atoms with E-state index >= 15 is 0 Å². The van der Waals surface area contributed by atoms with Crippen LogP contribution in [-0.4, -0.2) is 32.3 Å². The number of methoxy groups -OCH3 is 2. The largest absolute Gasteiger partial charge is 0.493 e. The Labute approximate surface area is 176 Å². The van der Waals surface area contributed by atoms with Gasteiger partial charge in [0.05, 0.1) is 19.9 Å². The van der Waals surface area contributed by atoms with E-state index in [1.165, 1.54) is 18.5 Å². The number of nitrogens with two attached hydrogens (primary N) is 1. The summed E-state index contributed by atoms with van der Waals surface area (Å²) in [6.07, 6.45) is 2.46. The summed E-state index contributed by atoms with van der Waals surface area (Å²) in [5, 5.41) is 9.68. The van der Waals surface area contributed by atoms with Crippen molar-refractivity contribution in [2.75, 3.05) is 37.9 Å². The van der Waals surface area contributed by atoms with E-state index in [1.807, 2.05) is 36.4 Å². The SMILES string of the molecule is COc1ccc(-c2cc(-c3ccc(N4CCCC4)cc3)c(C#N)c(N)n2)cc1OC. The van der Waals surface area contributed by atoms with Gasteiger partial charge in [-0.25, -0.2) is 4.98 Å². The number of nitriles is 1. The molecule has 1 saturated heterocycles. The maximum Gasteiger partial charge on any atom is 0.161 e. The standard InChI is InChI=1S/C24H24N4O2/c1-29-22-10-7-17(13-23(22)30-2)21-14-19(20(15-25)24(26)27-21)16-5-8-18(9-6-16)28-11-3-4-12-28/h5-10,13-14H,3-4,11-12H2,1-2H3,(H2,26,27). The fourth-order valence-electron chi connectivity index (χ4n) is 3.88. The minimum absolute atomic E-state index is 0.211. The monoisotopic (exact) mass is 400 g/mol. The van der Waals surface area contributed by atoms with Crippen molar-refractivity contribution in [1.29, 1.82) is 5.26 Å². The molecule has 6 nitrogen and oxygen atoms in total. The highest BCUT2D eigenvalue weighted by Gasteiger charge is 2.16. The quantitative estimate of drug-likeness (QED) is 0.679. The number of rotatable bonds is 5. The Bertz CT molecular complexity index is 1100. The normalized spacial score (nSPS) is 13.2. The molecule has 0 amide bonds. The first-order valence-corrected chi connectivity index (χ1v) is 9.93. The second kappa shape index (κ2) is 8.34. The second-order valence-corrected chi connectivity index (χ2v) is 7.24. The van der Waals surface area contributed by atoms with Crippen molar-refractivity contribution < 1.29 is 9.47 Å². The van der Waals surface area contributed by atoms with Gasteiger partial charge in [0, 0.05) is 29.9 Å². The molecule has 4 rings (SSSR count). The number of aromatic nitrogens is 1. The van der Waals surface area contributed by atoms with E-state index in [1.54, 1.807) is 14.2 Å². The predicted octanol–water partition coefficient (Wildman–Crippen LogP) is 4.49. The molecule has 2 aromatic carbocycles. The van der Waals surface area contributed by atoms with Gasteiger partial charge in [0.15, 0.2) is 11.5 Å². The second-order valence-electron chi connectivity index (χ2n) is 7.24. The molecule has 0 unspecified atom stereocenters. The zero-order valence-electron chi connectivity index (χ0n) is 17.2. The third-order valence-corrected chi connectivity index (χ3v) is 5.49. The van der Waals surface area contributed by atoms with E-state index in [0.29, 0.717) is 22.8 Å². The molecule has 30 heavy (non-hydrogen) atoms. The van der Waals surface area contributed by atoms with Crippen LogP contribution in [0.2, 0.25) is 0 Å². The number of anilines is 2. The predicted molar refractivity (Wildman–Crippen MR) is 119 cm³/mol. The summed E-state index contributed by atoms with van der Waals surface area (Å²) >= 11 is 0. The lowest BCUT2D eigenvalue weighted by Gasteiger charge is -2.18. The number of hydrogen-bond acceptors (Lipinski definition) is 6. The van der Waals surface area contributed by atoms with Crippen LogP contribution >= 0.6 is 0 Å². The van der Waals surface area contributed by atoms with Crippen molar-refractivity contribution >= 4 is 11.5 Å². The fraction of sp³-hybridized carbons (Fsp3) is 0.250. The molecule has 152 valence electrons. The highest BCUT2D eigenvalue weighted by molar-refractivity contribution is 5.81. The third-order valence-electron chi connectivity index (χ3n) is 5.49. The van der Waals surface area contributed by atoms with E-state index in [-0.39, 0.29) is 5.82 Å². The molecule has 0 saturated carbocycles. The summed E-state index contributed by atoms with van der Waals surface area (Å²) in [5.74, 6) is 1.46. The van der Waals surface area contributed by atoms with E-state index in [0.717, 1.165) is 29.8 Å². The Morgan fingerprint density at radius 3 is 2.23 bits per heavy atom. The first kappa shape index (κ1) is 19.6. The topological polar surface area (TPSA) is 84.4 Å². The van der Waals surface area contributed by atoms with Gasteiger partial charge in [-0.15, -0.1) is 0 Å². The zero-order valence-corrected chi connectivity index (χ0v) is 17.2. The lowest BCUT2D eigenvalue weighted by atomic mass is 9.98. The third kappa shape index (κ3) is 3.62. The number of benzene rings is 2. The van der Waals surface area contributed by atoms with Crippen LogP contribution in [0.1, 0.15) is 18.4 Å². The number of hydrogen-bond donors (Lipinski definition) is 1. The minimum Gasteiger partial charge on any atom is -0.493 e. The Morgan fingerprint density at radius 1 is 0.933 bits per heavy atom. The maximum atomic E-state index is 9.68. The van der Waals surface area contributed by atoms with Crippen molar-refractivity contribution in [3.63, 3.8) is 0 Å². The van der Waals surface area contributed by atoms with Crippen LogP contribution in [0, 0.1) is 11.3 Å². The Kier molecular flexibility index (Phi) is 5.44. The first-order chi connectivity index (χ1) is 14.6. The zero-order chi connectivity index (χ0) is 21.1. The highest BCUT2D eigenvalue weighted by atomic mass is 16.5. The van der Waals surface area contributed by atoms with Crippen molar-refractivity contribution in [2.24, 2.45) is 0 Å². The Morgan fingerprint density at radius 2 is 1.60 bits per heavy atom. The molecule has 3 aromatic rings. The lowest BCUT2D eigenvalue weighted by molar-refractivity contribution is 0.355. The van der Waals surface area contributed by atoms with Gasteiger partial charge in [-0.2, -0.15) is 5.26 Å². The van der Waals surface area contributed by atoms with E-state index in [9.17, 15) is 5.26 Å². The molecule has 0 bridgehead atoms. The summed E-state index contributed by atoms with van der Waals surface area (Å²) in [7, 11) is 3.19. The van der Waals surface area contributed by atoms with Crippen LogP contribution < -0.4 is 20.1 Å². The van der Waals surface area contributed by atoms with Crippen LogP contribution in [0.3, 0.4) is 0 Å². The molecule has 1 aromatic heterocycles. The van der Waals surface area contributed by atoms with E-state index in [4.69, 9.17) is 15.2 Å². The molecule has 1 fully saturated rings. The summed E-state index contributed by atoms with van der Waals surface area (Å²) < 4.78 is 10.7. The number of nitrogens with zero attached hydrogens (tertiary/aromatic N) is 3. The summed E-state index contributed by atoms with van der Waals surface area (Å²) in [6.45, 7) is 2.18. The maximum absolute atomic E-state index is 9.68. The van der Waals surface area contributed by atoms with E-state index < -0.39 is 0 Å². The number of ether oxygens (including phenoxy) is 2. The molecule has 0 atom stereocenters. The molecule has 0 spiro atoms. The first-order valence-electron chi connectivity index (χ1n) is 9.93. The molecule has 0 radical (unpaired) electrons. The molecular formula is C24H24N4O2. The molecule has 2 N–H and O–H groups in total. The average Bonchev–Trinajstić information content (AvgIpc) is 3.33. The van der Waals surface area contributed by atoms with Gasteiger partial charge < -0.3 is 20.1 Å². The molecule has 1 aliphatic heterocycles. The average molecular weight is 400 g/mol. The van der Waals surface area contributed by atoms with Crippen molar-refractivity contribution in [3.05, 3.63) is 54.1 Å². The van der Waals surface area contributed by atoms with E-state index in [2.05, 4.69) is 28.1 Å². The molecule has 0 aliphatic carbocycles.